The molecular formula is C19H10N2O2SSe. The Morgan fingerprint density at radius 1 is 1.28 bits per heavy atom. The molecule has 0 unspecified atom stereocenters. The molecule has 0 N–H and O–H groups in total. The normalized spacial score (nSPS) is 11.6. The average molecular weight is 409 g/mol. The molecule has 0 fully saturated rings. The summed E-state index contributed by atoms with van der Waals surface area (Å²) < 4.78 is 6.10. The minimum atomic E-state index is -0.411. The number of nitriles is 1. The van der Waals surface area contributed by atoms with E-state index in [-0.39, 0.29) is 14.5 Å². The molecule has 6 heteroatoms. The summed E-state index contributed by atoms with van der Waals surface area (Å²) in [6, 6.07) is 15.3. The number of hydrogen-bond donors (Lipinski definition) is 0. The van der Waals surface area contributed by atoms with Gasteiger partial charge in [-0.25, -0.2) is 0 Å². The van der Waals surface area contributed by atoms with Crippen molar-refractivity contribution in [1.29, 1.82) is 5.26 Å². The molecule has 0 aliphatic rings. The van der Waals surface area contributed by atoms with Crippen LogP contribution in [0, 0.1) is 11.3 Å². The van der Waals surface area contributed by atoms with Gasteiger partial charge in [-0.05, 0) is 0 Å². The summed E-state index contributed by atoms with van der Waals surface area (Å²) in [5.74, 6) is 0. The Morgan fingerprint density at radius 3 is 2.96 bits per heavy atom. The Morgan fingerprint density at radius 2 is 2.16 bits per heavy atom. The number of hydrogen-bond acceptors (Lipinski definition) is 5. The summed E-state index contributed by atoms with van der Waals surface area (Å²) in [4.78, 5) is 19.7. The summed E-state index contributed by atoms with van der Waals surface area (Å²) in [5, 5.41) is 12.3. The van der Waals surface area contributed by atoms with E-state index < -0.39 is 5.63 Å². The van der Waals surface area contributed by atoms with Gasteiger partial charge in [0.1, 0.15) is 0 Å². The fourth-order valence-electron chi connectivity index (χ4n) is 2.42. The first-order valence-electron chi connectivity index (χ1n) is 7.39. The van der Waals surface area contributed by atoms with Crippen LogP contribution in [0.2, 0.25) is 0 Å². The van der Waals surface area contributed by atoms with Crippen molar-refractivity contribution >= 4 is 48.5 Å². The van der Waals surface area contributed by atoms with Gasteiger partial charge in [0.05, 0.1) is 0 Å². The second kappa shape index (κ2) is 6.65. The average Bonchev–Trinajstić information content (AvgIpc) is 3.31. The van der Waals surface area contributed by atoms with Crippen LogP contribution in [0.15, 0.2) is 62.0 Å². The van der Waals surface area contributed by atoms with Gasteiger partial charge in [0.25, 0.3) is 0 Å². The predicted octanol–water partition coefficient (Wildman–Crippen LogP) is 4.04. The van der Waals surface area contributed by atoms with Crippen molar-refractivity contribution in [3.05, 3.63) is 72.7 Å². The summed E-state index contributed by atoms with van der Waals surface area (Å²) >= 11 is 1.48. The van der Waals surface area contributed by atoms with Crippen LogP contribution >= 0.6 is 11.3 Å². The van der Waals surface area contributed by atoms with Crippen molar-refractivity contribution in [3.63, 3.8) is 0 Å². The number of rotatable bonds is 3. The van der Waals surface area contributed by atoms with Crippen molar-refractivity contribution in [1.82, 2.24) is 4.98 Å². The Kier molecular flexibility index (Phi) is 4.20. The molecule has 0 atom stereocenters. The topological polar surface area (TPSA) is 66.9 Å². The Hall–Kier alpha value is -2.71. The number of thiophene rings is 1. The van der Waals surface area contributed by atoms with E-state index in [1.807, 2.05) is 46.7 Å². The van der Waals surface area contributed by atoms with Gasteiger partial charge < -0.3 is 0 Å². The monoisotopic (exact) mass is 410 g/mol. The van der Waals surface area contributed by atoms with Crippen molar-refractivity contribution in [2.45, 2.75) is 0 Å². The molecule has 120 valence electrons. The number of fused-ring (bicyclic) bond motifs is 1. The molecular weight excluding hydrogens is 399 g/mol. The van der Waals surface area contributed by atoms with Crippen molar-refractivity contribution in [2.24, 2.45) is 0 Å². The van der Waals surface area contributed by atoms with Crippen LogP contribution in [0.5, 0.6) is 0 Å². The van der Waals surface area contributed by atoms with Crippen LogP contribution < -0.4 is 5.63 Å². The van der Waals surface area contributed by atoms with Gasteiger partial charge in [-0.2, -0.15) is 0 Å². The second-order valence-electron chi connectivity index (χ2n) is 5.21. The quantitative estimate of drug-likeness (QED) is 0.291. The van der Waals surface area contributed by atoms with Gasteiger partial charge >= 0.3 is 153 Å². The fraction of sp³-hybridized carbons (Fsp3) is 0. The van der Waals surface area contributed by atoms with Gasteiger partial charge in [-0.15, -0.1) is 0 Å². The molecule has 0 aliphatic carbocycles. The van der Waals surface area contributed by atoms with E-state index in [2.05, 4.69) is 11.1 Å². The summed E-state index contributed by atoms with van der Waals surface area (Å²) in [5.41, 5.74) is 1.70. The fourth-order valence-corrected chi connectivity index (χ4v) is 4.72. The first kappa shape index (κ1) is 15.8. The molecule has 4 rings (SSSR count). The zero-order valence-corrected chi connectivity index (χ0v) is 15.3. The Labute approximate surface area is 153 Å². The van der Waals surface area contributed by atoms with Gasteiger partial charge in [0.15, 0.2) is 0 Å². The SMILES string of the molecule is N#CC(=Cc1cccs1)c1nc(-c2cc3ccccc3oc2=O)c[se]1. The molecule has 25 heavy (non-hydrogen) atoms. The molecule has 0 spiro atoms. The second-order valence-corrected chi connectivity index (χ2v) is 7.99. The molecule has 0 saturated heterocycles. The Bertz CT molecular complexity index is 1180. The third kappa shape index (κ3) is 3.13. The molecule has 1 aromatic carbocycles. The van der Waals surface area contributed by atoms with Gasteiger partial charge in [-0.1, -0.05) is 0 Å². The number of nitrogens with zero attached hydrogens (tertiary/aromatic N) is 2. The third-order valence-corrected chi connectivity index (χ3v) is 6.26. The van der Waals surface area contributed by atoms with E-state index in [0.29, 0.717) is 22.4 Å². The van der Waals surface area contributed by atoms with Crippen molar-refractivity contribution < 1.29 is 4.42 Å². The summed E-state index contributed by atoms with van der Waals surface area (Å²) in [6.07, 6.45) is 1.84. The zero-order valence-electron chi connectivity index (χ0n) is 12.8. The van der Waals surface area contributed by atoms with Crippen molar-refractivity contribution in [2.75, 3.05) is 0 Å². The van der Waals surface area contributed by atoms with E-state index in [0.717, 1.165) is 14.8 Å². The van der Waals surface area contributed by atoms with E-state index in [4.69, 9.17) is 4.42 Å². The van der Waals surface area contributed by atoms with Crippen LogP contribution in [-0.4, -0.2) is 19.5 Å². The first-order chi connectivity index (χ1) is 12.2. The molecule has 0 amide bonds. The Balaban J connectivity index is 1.78. The predicted molar refractivity (Wildman–Crippen MR) is 100 cm³/mol. The molecule has 3 aromatic heterocycles. The maximum absolute atomic E-state index is 12.3. The van der Waals surface area contributed by atoms with Gasteiger partial charge in [-0.3, -0.25) is 0 Å². The standard InChI is InChI=1S/C19H10N2O2SSe/c20-10-13(8-14-5-3-7-24-14)18-21-16(11-25-18)15-9-12-4-1-2-6-17(12)23-19(15)22/h1-9,11H. The third-order valence-electron chi connectivity index (χ3n) is 3.60. The first-order valence-corrected chi connectivity index (χ1v) is 10.1. The van der Waals surface area contributed by atoms with Crippen LogP contribution in [0.3, 0.4) is 0 Å². The van der Waals surface area contributed by atoms with Crippen LogP contribution in [0.25, 0.3) is 33.9 Å². The van der Waals surface area contributed by atoms with Gasteiger partial charge in [0.2, 0.25) is 0 Å². The number of allylic oxidation sites excluding steroid dienone is 1. The minimum absolute atomic E-state index is 0.0910. The van der Waals surface area contributed by atoms with Crippen LogP contribution in [0.4, 0.5) is 0 Å². The summed E-state index contributed by atoms with van der Waals surface area (Å²) in [6.45, 7) is 0. The molecule has 0 radical (unpaired) electrons. The van der Waals surface area contributed by atoms with Crippen LogP contribution in [-0.2, 0) is 0 Å². The molecule has 3 heterocycles. The van der Waals surface area contributed by atoms with E-state index >= 15 is 0 Å². The van der Waals surface area contributed by atoms with Crippen molar-refractivity contribution in [3.8, 4) is 17.3 Å². The molecule has 0 aliphatic heterocycles. The number of para-hydroxylation sites is 1. The summed E-state index contributed by atoms with van der Waals surface area (Å²) in [7, 11) is 0. The molecule has 4 aromatic rings. The molecule has 0 saturated carbocycles. The zero-order chi connectivity index (χ0) is 17.2. The number of aromatic nitrogens is 1. The van der Waals surface area contributed by atoms with E-state index in [9.17, 15) is 10.1 Å². The number of benzene rings is 1. The molecule has 0 bridgehead atoms. The van der Waals surface area contributed by atoms with Gasteiger partial charge in [0, 0.05) is 0 Å². The van der Waals surface area contributed by atoms with Crippen LogP contribution in [0.1, 0.15) is 9.44 Å². The maximum atomic E-state index is 12.3. The van der Waals surface area contributed by atoms with E-state index in [1.165, 1.54) is 0 Å². The van der Waals surface area contributed by atoms with E-state index in [1.54, 1.807) is 23.5 Å². The molecule has 4 nitrogen and oxygen atoms in total.